The van der Waals surface area contributed by atoms with Crippen LogP contribution in [0.5, 0.6) is 11.5 Å². The van der Waals surface area contributed by atoms with Crippen LogP contribution in [0, 0.1) is 5.92 Å². The lowest BCUT2D eigenvalue weighted by Crippen LogP contribution is -2.47. The highest BCUT2D eigenvalue weighted by Crippen LogP contribution is 2.41. The highest BCUT2D eigenvalue weighted by atomic mass is 16.7. The summed E-state index contributed by atoms with van der Waals surface area (Å²) in [6.07, 6.45) is 5.45. The lowest BCUT2D eigenvalue weighted by atomic mass is 9.84. The van der Waals surface area contributed by atoms with Crippen molar-refractivity contribution in [1.29, 1.82) is 0 Å². The lowest BCUT2D eigenvalue weighted by molar-refractivity contribution is 0.0486. The Balaban J connectivity index is 1.15. The summed E-state index contributed by atoms with van der Waals surface area (Å²) in [4.78, 5) is 17.0. The number of nitrogens with zero attached hydrogens (tertiary/aromatic N) is 2. The summed E-state index contributed by atoms with van der Waals surface area (Å²) in [5.41, 5.74) is 0.720. The molecule has 1 saturated carbocycles. The van der Waals surface area contributed by atoms with Crippen LogP contribution in [0.15, 0.2) is 18.2 Å². The summed E-state index contributed by atoms with van der Waals surface area (Å²) in [5, 5.41) is 3.04. The van der Waals surface area contributed by atoms with Crippen LogP contribution < -0.4 is 19.7 Å². The van der Waals surface area contributed by atoms with Crippen LogP contribution in [0.25, 0.3) is 0 Å². The fraction of sp³-hybridized carbons (Fsp3) is 0.708. The maximum Gasteiger partial charge on any atom is 0.407 e. The van der Waals surface area contributed by atoms with E-state index < -0.39 is 5.60 Å². The standard InChI is InChI=1S/C24H37N3O4/c1-24(2,3)31-23(28)25-19-9-7-18(8-10-19)11-12-26-13-15-27(16-14-26)20-5-4-6-21-22(20)30-17-29-21/h4-6,18-19H,7-17H2,1-3H3,(H,25,28)/t18-,19-. The van der Waals surface area contributed by atoms with Gasteiger partial charge in [0.15, 0.2) is 11.5 Å². The first-order valence-electron chi connectivity index (χ1n) is 11.7. The van der Waals surface area contributed by atoms with Gasteiger partial charge in [-0.05, 0) is 77.5 Å². The molecule has 0 unspecified atom stereocenters. The zero-order valence-corrected chi connectivity index (χ0v) is 19.2. The third-order valence-electron chi connectivity index (χ3n) is 6.51. The van der Waals surface area contributed by atoms with Gasteiger partial charge in [0.05, 0.1) is 5.69 Å². The normalized spacial score (nSPS) is 24.2. The Morgan fingerprint density at radius 1 is 1.10 bits per heavy atom. The molecule has 31 heavy (non-hydrogen) atoms. The SMILES string of the molecule is CC(C)(C)OC(=O)N[C@H]1CC[C@H](CCN2CCN(c3cccc4c3OCO4)CC2)CC1. The average molecular weight is 432 g/mol. The van der Waals surface area contributed by atoms with Crippen molar-refractivity contribution in [2.24, 2.45) is 5.92 Å². The Labute approximate surface area is 186 Å². The van der Waals surface area contributed by atoms with Gasteiger partial charge in [0.2, 0.25) is 6.79 Å². The molecule has 0 aromatic heterocycles. The lowest BCUT2D eigenvalue weighted by Gasteiger charge is -2.37. The largest absolute Gasteiger partial charge is 0.454 e. The minimum Gasteiger partial charge on any atom is -0.454 e. The van der Waals surface area contributed by atoms with E-state index in [-0.39, 0.29) is 12.1 Å². The molecular formula is C24H37N3O4. The van der Waals surface area contributed by atoms with Crippen molar-refractivity contribution in [2.75, 3.05) is 44.4 Å². The van der Waals surface area contributed by atoms with Gasteiger partial charge in [-0.25, -0.2) is 4.79 Å². The number of nitrogens with one attached hydrogen (secondary N) is 1. The number of piperazine rings is 1. The molecule has 7 nitrogen and oxygen atoms in total. The van der Waals surface area contributed by atoms with Crippen LogP contribution in [-0.4, -0.2) is 62.2 Å². The molecule has 2 aliphatic heterocycles. The fourth-order valence-electron chi connectivity index (χ4n) is 4.81. The maximum atomic E-state index is 12.0. The predicted octanol–water partition coefficient (Wildman–Crippen LogP) is 4.01. The number of fused-ring (bicyclic) bond motifs is 1. The third kappa shape index (κ3) is 5.97. The minimum atomic E-state index is -0.438. The van der Waals surface area contributed by atoms with Crippen molar-refractivity contribution in [2.45, 2.75) is 64.5 Å². The molecule has 0 atom stereocenters. The smallest absolute Gasteiger partial charge is 0.407 e. The summed E-state index contributed by atoms with van der Waals surface area (Å²) >= 11 is 0. The number of hydrogen-bond donors (Lipinski definition) is 1. The number of ether oxygens (including phenoxy) is 3. The first-order chi connectivity index (χ1) is 14.9. The number of rotatable bonds is 5. The van der Waals surface area contributed by atoms with Crippen molar-refractivity contribution >= 4 is 11.8 Å². The van der Waals surface area contributed by atoms with E-state index in [2.05, 4.69) is 21.2 Å². The highest BCUT2D eigenvalue weighted by Gasteiger charge is 2.27. The predicted molar refractivity (Wildman–Crippen MR) is 121 cm³/mol. The third-order valence-corrected chi connectivity index (χ3v) is 6.51. The van der Waals surface area contributed by atoms with Gasteiger partial charge < -0.3 is 24.4 Å². The number of para-hydroxylation sites is 1. The Hall–Kier alpha value is -2.15. The number of alkyl carbamates (subject to hydrolysis) is 1. The van der Waals surface area contributed by atoms with E-state index in [1.807, 2.05) is 32.9 Å². The summed E-state index contributed by atoms with van der Waals surface area (Å²) in [7, 11) is 0. The Kier molecular flexibility index (Phi) is 6.80. The molecule has 2 heterocycles. The molecule has 3 aliphatic rings. The number of amides is 1. The second kappa shape index (κ2) is 9.55. The molecule has 4 rings (SSSR count). The first kappa shape index (κ1) is 22.1. The molecule has 0 spiro atoms. The second-order valence-electron chi connectivity index (χ2n) is 9.99. The summed E-state index contributed by atoms with van der Waals surface area (Å²) in [6.45, 7) is 11.4. The van der Waals surface area contributed by atoms with Gasteiger partial charge in [-0.15, -0.1) is 0 Å². The second-order valence-corrected chi connectivity index (χ2v) is 9.99. The molecule has 1 aromatic rings. The maximum absolute atomic E-state index is 12.0. The van der Waals surface area contributed by atoms with Crippen LogP contribution >= 0.6 is 0 Å². The van der Waals surface area contributed by atoms with Crippen LogP contribution in [-0.2, 0) is 4.74 Å². The number of anilines is 1. The van der Waals surface area contributed by atoms with E-state index in [1.54, 1.807) is 0 Å². The van der Waals surface area contributed by atoms with Crippen molar-refractivity contribution in [3.63, 3.8) is 0 Å². The molecule has 1 aliphatic carbocycles. The van der Waals surface area contributed by atoms with Gasteiger partial charge in [-0.2, -0.15) is 0 Å². The van der Waals surface area contributed by atoms with E-state index in [0.29, 0.717) is 6.79 Å². The molecule has 0 radical (unpaired) electrons. The minimum absolute atomic E-state index is 0.258. The van der Waals surface area contributed by atoms with Crippen LogP contribution in [0.1, 0.15) is 52.9 Å². The Morgan fingerprint density at radius 3 is 2.55 bits per heavy atom. The van der Waals surface area contributed by atoms with E-state index in [9.17, 15) is 4.79 Å². The monoisotopic (exact) mass is 431 g/mol. The quantitative estimate of drug-likeness (QED) is 0.760. The molecule has 172 valence electrons. The molecule has 7 heteroatoms. The number of carbonyl (C=O) groups excluding carboxylic acids is 1. The molecule has 1 amide bonds. The van der Waals surface area contributed by atoms with E-state index in [4.69, 9.17) is 14.2 Å². The van der Waals surface area contributed by atoms with Crippen molar-refractivity contribution < 1.29 is 19.0 Å². The number of hydrogen-bond acceptors (Lipinski definition) is 6. The Bertz CT molecular complexity index is 748. The molecular weight excluding hydrogens is 394 g/mol. The fourth-order valence-corrected chi connectivity index (χ4v) is 4.81. The van der Waals surface area contributed by atoms with E-state index in [0.717, 1.165) is 68.7 Å². The Morgan fingerprint density at radius 2 is 1.84 bits per heavy atom. The van der Waals surface area contributed by atoms with Gasteiger partial charge >= 0.3 is 6.09 Å². The van der Waals surface area contributed by atoms with Gasteiger partial charge in [0.1, 0.15) is 5.60 Å². The first-order valence-corrected chi connectivity index (χ1v) is 11.7. The van der Waals surface area contributed by atoms with Gasteiger partial charge in [-0.3, -0.25) is 4.90 Å². The van der Waals surface area contributed by atoms with Crippen LogP contribution in [0.3, 0.4) is 0 Å². The molecule has 2 fully saturated rings. The van der Waals surface area contributed by atoms with E-state index >= 15 is 0 Å². The van der Waals surface area contributed by atoms with Gasteiger partial charge in [0.25, 0.3) is 0 Å². The van der Waals surface area contributed by atoms with E-state index in [1.165, 1.54) is 19.3 Å². The molecule has 1 N–H and O–H groups in total. The van der Waals surface area contributed by atoms with Crippen LogP contribution in [0.4, 0.5) is 10.5 Å². The average Bonchev–Trinajstić information content (AvgIpc) is 3.21. The van der Waals surface area contributed by atoms with Gasteiger partial charge in [-0.1, -0.05) is 6.07 Å². The summed E-state index contributed by atoms with van der Waals surface area (Å²) in [5.74, 6) is 2.52. The van der Waals surface area contributed by atoms with Gasteiger partial charge in [0, 0.05) is 32.2 Å². The molecule has 1 aromatic carbocycles. The molecule has 0 bridgehead atoms. The van der Waals surface area contributed by atoms with Crippen molar-refractivity contribution in [1.82, 2.24) is 10.2 Å². The molecule has 1 saturated heterocycles. The summed E-state index contributed by atoms with van der Waals surface area (Å²) < 4.78 is 16.6. The van der Waals surface area contributed by atoms with Crippen LogP contribution in [0.2, 0.25) is 0 Å². The van der Waals surface area contributed by atoms with Crippen molar-refractivity contribution in [3.8, 4) is 11.5 Å². The number of benzene rings is 1. The zero-order chi connectivity index (χ0) is 21.8. The highest BCUT2D eigenvalue weighted by molar-refractivity contribution is 5.68. The number of carbonyl (C=O) groups is 1. The zero-order valence-electron chi connectivity index (χ0n) is 19.2. The topological polar surface area (TPSA) is 63.3 Å². The van der Waals surface area contributed by atoms with Crippen molar-refractivity contribution in [3.05, 3.63) is 18.2 Å². The summed E-state index contributed by atoms with van der Waals surface area (Å²) in [6, 6.07) is 6.41.